The highest BCUT2D eigenvalue weighted by Crippen LogP contribution is 2.20. The van der Waals surface area contributed by atoms with Gasteiger partial charge in [-0.15, -0.1) is 0 Å². The van der Waals surface area contributed by atoms with Gasteiger partial charge in [-0.25, -0.2) is 0 Å². The molecule has 0 unspecified atom stereocenters. The molecule has 0 aliphatic carbocycles. The summed E-state index contributed by atoms with van der Waals surface area (Å²) in [6, 6.07) is 11.1. The van der Waals surface area contributed by atoms with E-state index in [-0.39, 0.29) is 6.04 Å². The van der Waals surface area contributed by atoms with E-state index in [1.807, 2.05) is 6.07 Å². The minimum absolute atomic E-state index is 0.288. The van der Waals surface area contributed by atoms with Crippen LogP contribution in [0.1, 0.15) is 31.4 Å². The van der Waals surface area contributed by atoms with Gasteiger partial charge in [0.15, 0.2) is 0 Å². The third kappa shape index (κ3) is 6.71. The zero-order valence-corrected chi connectivity index (χ0v) is 14.5. The van der Waals surface area contributed by atoms with Crippen molar-refractivity contribution in [3.8, 4) is 0 Å². The van der Waals surface area contributed by atoms with E-state index in [1.54, 1.807) is 0 Å². The van der Waals surface area contributed by atoms with Crippen molar-refractivity contribution in [1.82, 2.24) is 10.6 Å². The van der Waals surface area contributed by atoms with Gasteiger partial charge in [-0.2, -0.15) is 21.6 Å². The zero-order chi connectivity index (χ0) is 18.4. The topological polar surface area (TPSA) is 78.4 Å². The van der Waals surface area contributed by atoms with Crippen molar-refractivity contribution in [2.24, 2.45) is 0 Å². The molecule has 10 heteroatoms. The average molecular weight is 384 g/mol. The molecule has 3 N–H and O–H groups in total. The summed E-state index contributed by atoms with van der Waals surface area (Å²) in [4.78, 5) is 0.953. The molecule has 1 aliphatic heterocycles. The highest BCUT2D eigenvalue weighted by Gasteiger charge is 2.44. The fourth-order valence-corrected chi connectivity index (χ4v) is 2.43. The molecule has 1 aliphatic rings. The molecule has 0 saturated carbocycles. The summed E-state index contributed by atoms with van der Waals surface area (Å²) in [5.74, 6) is 0. The van der Waals surface area contributed by atoms with Crippen LogP contribution in [-0.2, 0) is 10.1 Å². The van der Waals surface area contributed by atoms with Gasteiger partial charge in [0.25, 0.3) is 0 Å². The van der Waals surface area contributed by atoms with Gasteiger partial charge in [-0.3, -0.25) is 4.55 Å². The summed E-state index contributed by atoms with van der Waals surface area (Å²) in [6.07, 6.45) is 2.39. The standard InChI is InChI=1S/C13H18N2S.CHF3O3S/c1-10(11-6-3-2-4-7-11)15-13(16)12-8-5-9-14-12;2-1(3,4)8(5,6)7/h2-4,6-7,10,12,14H,5,8-9H2,1H3,(H,15,16);(H,5,6,7)/t10-,12+;/m1./s1. The van der Waals surface area contributed by atoms with Crippen LogP contribution in [0.4, 0.5) is 13.2 Å². The highest BCUT2D eigenvalue weighted by molar-refractivity contribution is 7.86. The molecule has 24 heavy (non-hydrogen) atoms. The summed E-state index contributed by atoms with van der Waals surface area (Å²) < 4.78 is 57.5. The molecule has 0 amide bonds. The van der Waals surface area contributed by atoms with Crippen LogP contribution in [0.25, 0.3) is 0 Å². The Morgan fingerprint density at radius 1 is 1.38 bits per heavy atom. The molecule has 1 heterocycles. The van der Waals surface area contributed by atoms with E-state index >= 15 is 0 Å². The number of rotatable bonds is 3. The molecule has 0 bridgehead atoms. The molecule has 0 spiro atoms. The Balaban J connectivity index is 0.000000307. The lowest BCUT2D eigenvalue weighted by Crippen LogP contribution is -2.40. The SMILES string of the molecule is C[C@@H](NC(=S)[C@@H]1CCCN1)c1ccccc1.O=S(=O)(O)C(F)(F)F. The Hall–Kier alpha value is -1.23. The van der Waals surface area contributed by atoms with Crippen LogP contribution in [0.3, 0.4) is 0 Å². The van der Waals surface area contributed by atoms with Crippen LogP contribution in [0.2, 0.25) is 0 Å². The number of benzene rings is 1. The summed E-state index contributed by atoms with van der Waals surface area (Å²) in [5.41, 5.74) is -4.25. The van der Waals surface area contributed by atoms with Crippen LogP contribution in [0.5, 0.6) is 0 Å². The normalized spacial score (nSPS) is 19.1. The Labute approximate surface area is 144 Å². The van der Waals surface area contributed by atoms with Crippen molar-refractivity contribution in [3.63, 3.8) is 0 Å². The van der Waals surface area contributed by atoms with Gasteiger partial charge in [-0.05, 0) is 31.9 Å². The molecule has 1 saturated heterocycles. The maximum Gasteiger partial charge on any atom is 0.522 e. The summed E-state index contributed by atoms with van der Waals surface area (Å²) in [5, 5.41) is 6.82. The van der Waals surface area contributed by atoms with Crippen molar-refractivity contribution in [2.45, 2.75) is 37.4 Å². The first-order chi connectivity index (χ1) is 11.0. The lowest BCUT2D eigenvalue weighted by molar-refractivity contribution is -0.0510. The Morgan fingerprint density at radius 3 is 2.33 bits per heavy atom. The van der Waals surface area contributed by atoms with Gasteiger partial charge in [-0.1, -0.05) is 42.5 Å². The lowest BCUT2D eigenvalue weighted by Gasteiger charge is -2.20. The van der Waals surface area contributed by atoms with Crippen LogP contribution >= 0.6 is 12.2 Å². The number of halogens is 3. The number of hydrogen-bond donors (Lipinski definition) is 3. The third-order valence-corrected chi connectivity index (χ3v) is 4.31. The second-order valence-corrected chi connectivity index (χ2v) is 7.06. The maximum atomic E-state index is 10.7. The maximum absolute atomic E-state index is 10.7. The Bertz CT molecular complexity index is 630. The van der Waals surface area contributed by atoms with E-state index in [0.717, 1.165) is 18.0 Å². The van der Waals surface area contributed by atoms with Crippen molar-refractivity contribution < 1.29 is 26.1 Å². The molecule has 5 nitrogen and oxygen atoms in total. The molecule has 1 aromatic rings. The molecule has 2 rings (SSSR count). The summed E-state index contributed by atoms with van der Waals surface area (Å²) >= 11 is 5.42. The van der Waals surface area contributed by atoms with Crippen LogP contribution in [-0.4, -0.2) is 36.1 Å². The monoisotopic (exact) mass is 384 g/mol. The van der Waals surface area contributed by atoms with Gasteiger partial charge in [0.2, 0.25) is 0 Å². The minimum Gasteiger partial charge on any atom is -0.372 e. The van der Waals surface area contributed by atoms with E-state index in [1.165, 1.54) is 12.0 Å². The van der Waals surface area contributed by atoms with Crippen LogP contribution in [0, 0.1) is 0 Å². The largest absolute Gasteiger partial charge is 0.522 e. The predicted octanol–water partition coefficient (Wildman–Crippen LogP) is 2.81. The van der Waals surface area contributed by atoms with Gasteiger partial charge < -0.3 is 10.6 Å². The van der Waals surface area contributed by atoms with Crippen LogP contribution < -0.4 is 10.6 Å². The number of alkyl halides is 3. The third-order valence-electron chi connectivity index (χ3n) is 3.33. The quantitative estimate of drug-likeness (QED) is 0.423. The first-order valence-corrected chi connectivity index (χ1v) is 8.99. The number of nitrogens with one attached hydrogen (secondary N) is 2. The second-order valence-electron chi connectivity index (χ2n) is 5.21. The van der Waals surface area contributed by atoms with Crippen LogP contribution in [0.15, 0.2) is 30.3 Å². The first-order valence-electron chi connectivity index (χ1n) is 7.15. The van der Waals surface area contributed by atoms with Crippen molar-refractivity contribution >= 4 is 27.3 Å². The van der Waals surface area contributed by atoms with E-state index in [0.29, 0.717) is 6.04 Å². The van der Waals surface area contributed by atoms with Crippen molar-refractivity contribution in [1.29, 1.82) is 0 Å². The number of thiocarbonyl (C=S) groups is 1. The van der Waals surface area contributed by atoms with Gasteiger partial charge in [0.1, 0.15) is 0 Å². The molecule has 0 radical (unpaired) electrons. The second kappa shape index (κ2) is 8.75. The Kier molecular flexibility index (Phi) is 7.58. The fourth-order valence-electron chi connectivity index (χ4n) is 2.05. The van der Waals surface area contributed by atoms with Gasteiger partial charge in [0.05, 0.1) is 11.0 Å². The average Bonchev–Trinajstić information content (AvgIpc) is 3.01. The lowest BCUT2D eigenvalue weighted by atomic mass is 10.1. The highest BCUT2D eigenvalue weighted by atomic mass is 32.2. The molecular weight excluding hydrogens is 365 g/mol. The van der Waals surface area contributed by atoms with E-state index < -0.39 is 15.6 Å². The molecular formula is C14H19F3N2O3S2. The molecule has 1 aromatic carbocycles. The fraction of sp³-hybridized carbons (Fsp3) is 0.500. The molecule has 1 fully saturated rings. The first kappa shape index (κ1) is 20.8. The molecule has 2 atom stereocenters. The van der Waals surface area contributed by atoms with E-state index in [4.69, 9.17) is 25.2 Å². The van der Waals surface area contributed by atoms with Crippen molar-refractivity contribution in [2.75, 3.05) is 6.54 Å². The van der Waals surface area contributed by atoms with Crippen molar-refractivity contribution in [3.05, 3.63) is 35.9 Å². The minimum atomic E-state index is -5.84. The van der Waals surface area contributed by atoms with Gasteiger partial charge >= 0.3 is 15.6 Å². The molecule has 0 aromatic heterocycles. The number of hydrogen-bond acceptors (Lipinski definition) is 4. The van der Waals surface area contributed by atoms with E-state index in [9.17, 15) is 13.2 Å². The smallest absolute Gasteiger partial charge is 0.372 e. The van der Waals surface area contributed by atoms with E-state index in [2.05, 4.69) is 41.8 Å². The summed E-state index contributed by atoms with van der Waals surface area (Å²) in [7, 11) is -5.84. The van der Waals surface area contributed by atoms with Gasteiger partial charge in [0, 0.05) is 6.04 Å². The predicted molar refractivity (Wildman–Crippen MR) is 89.2 cm³/mol. The summed E-state index contributed by atoms with van der Waals surface area (Å²) in [6.45, 7) is 3.24. The Morgan fingerprint density at radius 2 is 1.92 bits per heavy atom. The zero-order valence-electron chi connectivity index (χ0n) is 12.9. The molecule has 136 valence electrons.